The molecule has 0 aliphatic carbocycles. The molecule has 0 unspecified atom stereocenters. The molecule has 0 aromatic heterocycles. The minimum Gasteiger partial charge on any atom is -0.120 e. The molecular weight excluding hydrogens is 180 g/mol. The van der Waals surface area contributed by atoms with Crippen LogP contribution < -0.4 is 0 Å². The van der Waals surface area contributed by atoms with E-state index in [0.717, 1.165) is 0 Å². The van der Waals surface area contributed by atoms with Crippen molar-refractivity contribution in [2.75, 3.05) is 0 Å². The molecule has 0 N–H and O–H groups in total. The smallest absolute Gasteiger partial charge is 0.00297 e. The van der Waals surface area contributed by atoms with E-state index in [1.165, 1.54) is 11.1 Å². The topological polar surface area (TPSA) is 0 Å². The molecule has 0 amide bonds. The van der Waals surface area contributed by atoms with Gasteiger partial charge < -0.3 is 0 Å². The first-order chi connectivity index (χ1) is 7.11. The van der Waals surface area contributed by atoms with Gasteiger partial charge in [-0.3, -0.25) is 0 Å². The monoisotopic (exact) mass is 204 g/mol. The first-order valence-corrected chi connectivity index (χ1v) is 5.55. The summed E-state index contributed by atoms with van der Waals surface area (Å²) in [6.07, 6.45) is 4.60. The quantitative estimate of drug-likeness (QED) is 0.577. The lowest BCUT2D eigenvalue weighted by Crippen LogP contribution is -1.85. The highest BCUT2D eigenvalue weighted by atomic mass is 14.0. The summed E-state index contributed by atoms with van der Waals surface area (Å²) in [7, 11) is 0. The van der Waals surface area contributed by atoms with Crippen molar-refractivity contribution in [3.05, 3.63) is 35.4 Å². The Bertz CT molecular complexity index is 259. The molecular formula is C15H24. The summed E-state index contributed by atoms with van der Waals surface area (Å²) in [6, 6.07) is 8.71. The maximum Gasteiger partial charge on any atom is -0.00297 e. The summed E-state index contributed by atoms with van der Waals surface area (Å²) >= 11 is 0. The third-order valence-electron chi connectivity index (χ3n) is 1.74. The fourth-order valence-electron chi connectivity index (χ4n) is 0.951. The number of aryl methyl sites for hydroxylation is 1. The van der Waals surface area contributed by atoms with Crippen LogP contribution >= 0.6 is 0 Å². The molecule has 0 nitrogen and oxygen atoms in total. The molecule has 0 aliphatic heterocycles. The predicted molar refractivity (Wildman–Crippen MR) is 71.1 cm³/mol. The lowest BCUT2D eigenvalue weighted by atomic mass is 10.0. The third-order valence-corrected chi connectivity index (χ3v) is 1.74. The van der Waals surface area contributed by atoms with Gasteiger partial charge in [0.05, 0.1) is 0 Å². The van der Waals surface area contributed by atoms with Crippen LogP contribution in [0.4, 0.5) is 0 Å². The molecule has 0 saturated carbocycles. The van der Waals surface area contributed by atoms with Gasteiger partial charge >= 0.3 is 0 Å². The first-order valence-electron chi connectivity index (χ1n) is 5.55. The molecule has 0 heterocycles. The van der Waals surface area contributed by atoms with Gasteiger partial charge in [0.2, 0.25) is 0 Å². The lowest BCUT2D eigenvalue weighted by Gasteiger charge is -2.03. The van der Waals surface area contributed by atoms with E-state index in [-0.39, 0.29) is 0 Å². The molecule has 0 heteroatoms. The van der Waals surface area contributed by atoms with Gasteiger partial charge in [-0.05, 0) is 25.3 Å². The zero-order chi connectivity index (χ0) is 12.3. The largest absolute Gasteiger partial charge is 0.120 e. The van der Waals surface area contributed by atoms with Crippen molar-refractivity contribution in [2.24, 2.45) is 0 Å². The molecule has 1 aromatic carbocycles. The van der Waals surface area contributed by atoms with Crippen molar-refractivity contribution in [1.82, 2.24) is 0 Å². The standard InChI is InChI=1S/C10H14.C3H4.C2H6/c1-8(2)10-6-4-9(3)5-7-10;1-3-2;1-2/h4-8H,1-3H3;1H,2H3;1-2H3. The number of benzene rings is 1. The van der Waals surface area contributed by atoms with Crippen molar-refractivity contribution < 1.29 is 0 Å². The number of hydrogen-bond acceptors (Lipinski definition) is 0. The number of terminal acetylenes is 1. The highest BCUT2D eigenvalue weighted by Crippen LogP contribution is 2.13. The summed E-state index contributed by atoms with van der Waals surface area (Å²) in [4.78, 5) is 0. The van der Waals surface area contributed by atoms with Crippen molar-refractivity contribution in [3.63, 3.8) is 0 Å². The zero-order valence-corrected chi connectivity index (χ0v) is 11.0. The van der Waals surface area contributed by atoms with E-state index in [0.29, 0.717) is 5.92 Å². The second-order valence-electron chi connectivity index (χ2n) is 3.35. The van der Waals surface area contributed by atoms with Crippen LogP contribution in [0.1, 0.15) is 51.7 Å². The van der Waals surface area contributed by atoms with Crippen LogP contribution in [0, 0.1) is 19.3 Å². The Labute approximate surface area is 95.7 Å². The Morgan fingerprint density at radius 1 is 1.07 bits per heavy atom. The van der Waals surface area contributed by atoms with Crippen molar-refractivity contribution in [2.45, 2.75) is 47.5 Å². The van der Waals surface area contributed by atoms with E-state index in [1.54, 1.807) is 6.92 Å². The predicted octanol–water partition coefficient (Wildman–Crippen LogP) is 4.78. The van der Waals surface area contributed by atoms with Gasteiger partial charge in [0.1, 0.15) is 0 Å². The maximum atomic E-state index is 4.60. The zero-order valence-electron chi connectivity index (χ0n) is 11.0. The molecule has 0 fully saturated rings. The molecule has 1 aromatic rings. The molecule has 0 saturated heterocycles. The summed E-state index contributed by atoms with van der Waals surface area (Å²) in [5.41, 5.74) is 2.76. The van der Waals surface area contributed by atoms with Crippen molar-refractivity contribution >= 4 is 0 Å². The van der Waals surface area contributed by atoms with E-state index in [9.17, 15) is 0 Å². The van der Waals surface area contributed by atoms with Gasteiger partial charge in [0, 0.05) is 0 Å². The van der Waals surface area contributed by atoms with Gasteiger partial charge in [-0.15, -0.1) is 12.3 Å². The minimum absolute atomic E-state index is 0.653. The van der Waals surface area contributed by atoms with Gasteiger partial charge in [0.15, 0.2) is 0 Å². The van der Waals surface area contributed by atoms with Gasteiger partial charge in [-0.2, -0.15) is 0 Å². The normalized spacial score (nSPS) is 7.87. The van der Waals surface area contributed by atoms with Crippen molar-refractivity contribution in [3.8, 4) is 12.3 Å². The first kappa shape index (κ1) is 16.2. The average Bonchev–Trinajstić information content (AvgIpc) is 2.22. The summed E-state index contributed by atoms with van der Waals surface area (Å²) in [5.74, 6) is 2.90. The fourth-order valence-corrected chi connectivity index (χ4v) is 0.951. The Kier molecular flexibility index (Phi) is 11.7. The fraction of sp³-hybridized carbons (Fsp3) is 0.467. The van der Waals surface area contributed by atoms with Crippen LogP contribution in [-0.4, -0.2) is 0 Å². The number of rotatable bonds is 1. The molecule has 1 rings (SSSR count). The highest BCUT2D eigenvalue weighted by Gasteiger charge is 1.95. The van der Waals surface area contributed by atoms with Crippen LogP contribution in [0.25, 0.3) is 0 Å². The van der Waals surface area contributed by atoms with Crippen LogP contribution in [0.3, 0.4) is 0 Å². The maximum absolute atomic E-state index is 4.60. The second-order valence-corrected chi connectivity index (χ2v) is 3.35. The van der Waals surface area contributed by atoms with Crippen molar-refractivity contribution in [1.29, 1.82) is 0 Å². The molecule has 0 atom stereocenters. The molecule has 15 heavy (non-hydrogen) atoms. The van der Waals surface area contributed by atoms with E-state index in [1.807, 2.05) is 13.8 Å². The van der Waals surface area contributed by atoms with Gasteiger partial charge in [0.25, 0.3) is 0 Å². The highest BCUT2D eigenvalue weighted by molar-refractivity contribution is 5.23. The second kappa shape index (κ2) is 10.9. The van der Waals surface area contributed by atoms with Gasteiger partial charge in [-0.25, -0.2) is 0 Å². The Hall–Kier alpha value is -1.22. The van der Waals surface area contributed by atoms with E-state index in [4.69, 9.17) is 0 Å². The average molecular weight is 204 g/mol. The summed E-state index contributed by atoms with van der Waals surface area (Å²) in [5, 5.41) is 0. The molecule has 84 valence electrons. The third kappa shape index (κ3) is 9.09. The summed E-state index contributed by atoms with van der Waals surface area (Å²) in [6.45, 7) is 12.2. The lowest BCUT2D eigenvalue weighted by molar-refractivity contribution is 0.866. The SMILES string of the molecule is C#CC.CC.Cc1ccc(C(C)C)cc1. The Morgan fingerprint density at radius 2 is 1.40 bits per heavy atom. The van der Waals surface area contributed by atoms with E-state index >= 15 is 0 Å². The van der Waals surface area contributed by atoms with Crippen LogP contribution in [0.15, 0.2) is 24.3 Å². The molecule has 0 spiro atoms. The molecule has 0 aliphatic rings. The van der Waals surface area contributed by atoms with Crippen LogP contribution in [-0.2, 0) is 0 Å². The Morgan fingerprint density at radius 3 is 1.67 bits per heavy atom. The number of hydrogen-bond donors (Lipinski definition) is 0. The summed E-state index contributed by atoms with van der Waals surface area (Å²) < 4.78 is 0. The molecule has 0 radical (unpaired) electrons. The Balaban J connectivity index is 0. The van der Waals surface area contributed by atoms with Gasteiger partial charge in [-0.1, -0.05) is 57.5 Å². The van der Waals surface area contributed by atoms with Crippen LogP contribution in [0.2, 0.25) is 0 Å². The van der Waals surface area contributed by atoms with Crippen LogP contribution in [0.5, 0.6) is 0 Å². The minimum atomic E-state index is 0.653. The van der Waals surface area contributed by atoms with E-state index in [2.05, 4.69) is 57.4 Å². The molecule has 0 bridgehead atoms. The van der Waals surface area contributed by atoms with E-state index < -0.39 is 0 Å².